The fourth-order valence-corrected chi connectivity index (χ4v) is 3.24. The minimum atomic E-state index is -4.43. The second-order valence-corrected chi connectivity index (χ2v) is 7.91. The molecule has 1 saturated heterocycles. The molecule has 0 saturated carbocycles. The highest BCUT2D eigenvalue weighted by Crippen LogP contribution is 2.35. The summed E-state index contributed by atoms with van der Waals surface area (Å²) >= 11 is 0. The number of hydrogen-bond acceptors (Lipinski definition) is 4. The standard InChI is InChI=1S/C14H18F3NO3S/c1-22(20,21)6-5-18-9-12(19)8-13(18)10-3-2-4-11(7-10)14(15,16)17/h2-4,7,12-13,19H,5-6,8-9H2,1H3/t12-,13-/m0/s1. The molecule has 0 amide bonds. The van der Waals surface area contributed by atoms with Crippen molar-refractivity contribution in [3.63, 3.8) is 0 Å². The minimum Gasteiger partial charge on any atom is -0.392 e. The Bertz CT molecular complexity index is 630. The zero-order valence-corrected chi connectivity index (χ0v) is 12.9. The molecule has 4 nitrogen and oxygen atoms in total. The summed E-state index contributed by atoms with van der Waals surface area (Å²) in [5.74, 6) is -0.0881. The third-order valence-corrected chi connectivity index (χ3v) is 4.65. The van der Waals surface area contributed by atoms with Crippen LogP contribution in [0.15, 0.2) is 24.3 Å². The highest BCUT2D eigenvalue weighted by atomic mass is 32.2. The molecule has 8 heteroatoms. The molecule has 1 aromatic carbocycles. The molecule has 1 aromatic rings. The van der Waals surface area contributed by atoms with E-state index in [0.717, 1.165) is 18.4 Å². The number of β-amino-alcohol motifs (C(OH)–C–C–N with tert-alkyl or cyclic N) is 1. The summed E-state index contributed by atoms with van der Waals surface area (Å²) in [5, 5.41) is 9.78. The van der Waals surface area contributed by atoms with Gasteiger partial charge in [0.25, 0.3) is 0 Å². The van der Waals surface area contributed by atoms with Crippen molar-refractivity contribution in [2.75, 3.05) is 25.1 Å². The molecule has 1 aliphatic heterocycles. The predicted molar refractivity (Wildman–Crippen MR) is 76.1 cm³/mol. The van der Waals surface area contributed by atoms with Gasteiger partial charge in [-0.05, 0) is 24.1 Å². The van der Waals surface area contributed by atoms with E-state index in [0.29, 0.717) is 12.0 Å². The number of aliphatic hydroxyl groups excluding tert-OH is 1. The molecule has 2 atom stereocenters. The van der Waals surface area contributed by atoms with Gasteiger partial charge in [0, 0.05) is 25.4 Å². The molecule has 0 radical (unpaired) electrons. The summed E-state index contributed by atoms with van der Waals surface area (Å²) in [7, 11) is -3.17. The van der Waals surface area contributed by atoms with Crippen molar-refractivity contribution >= 4 is 9.84 Å². The Hall–Kier alpha value is -1.12. The lowest BCUT2D eigenvalue weighted by molar-refractivity contribution is -0.137. The van der Waals surface area contributed by atoms with E-state index < -0.39 is 33.7 Å². The van der Waals surface area contributed by atoms with Crippen molar-refractivity contribution in [2.45, 2.75) is 24.7 Å². The molecule has 0 spiro atoms. The highest BCUT2D eigenvalue weighted by Gasteiger charge is 2.35. The van der Waals surface area contributed by atoms with Crippen molar-refractivity contribution in [3.05, 3.63) is 35.4 Å². The number of likely N-dealkylation sites (tertiary alicyclic amines) is 1. The molecule has 124 valence electrons. The molecule has 0 aromatic heterocycles. The van der Waals surface area contributed by atoms with Crippen LogP contribution in [-0.2, 0) is 16.0 Å². The normalized spacial score (nSPS) is 23.9. The first-order valence-electron chi connectivity index (χ1n) is 6.83. The number of aliphatic hydroxyl groups is 1. The average Bonchev–Trinajstić information content (AvgIpc) is 2.76. The molecular formula is C14H18F3NO3S. The average molecular weight is 337 g/mol. The van der Waals surface area contributed by atoms with Crippen LogP contribution >= 0.6 is 0 Å². The van der Waals surface area contributed by atoms with Gasteiger partial charge in [-0.2, -0.15) is 13.2 Å². The Morgan fingerprint density at radius 3 is 2.64 bits per heavy atom. The second-order valence-electron chi connectivity index (χ2n) is 5.65. The fraction of sp³-hybridized carbons (Fsp3) is 0.571. The van der Waals surface area contributed by atoms with Crippen LogP contribution in [0.2, 0.25) is 0 Å². The van der Waals surface area contributed by atoms with Crippen molar-refractivity contribution in [2.24, 2.45) is 0 Å². The Morgan fingerprint density at radius 1 is 1.36 bits per heavy atom. The van der Waals surface area contributed by atoms with Gasteiger partial charge in [0.05, 0.1) is 17.4 Å². The lowest BCUT2D eigenvalue weighted by Crippen LogP contribution is -2.30. The maximum Gasteiger partial charge on any atom is 0.416 e. The Morgan fingerprint density at radius 2 is 2.05 bits per heavy atom. The molecule has 1 heterocycles. The van der Waals surface area contributed by atoms with Crippen molar-refractivity contribution in [1.29, 1.82) is 0 Å². The first-order chi connectivity index (χ1) is 10.1. The SMILES string of the molecule is CS(=O)(=O)CCN1C[C@@H](O)C[C@H]1c1cccc(C(F)(F)F)c1. The van der Waals surface area contributed by atoms with Gasteiger partial charge >= 0.3 is 6.18 Å². The third-order valence-electron chi connectivity index (χ3n) is 3.73. The quantitative estimate of drug-likeness (QED) is 0.911. The lowest BCUT2D eigenvalue weighted by atomic mass is 10.0. The summed E-state index contributed by atoms with van der Waals surface area (Å²) < 4.78 is 60.9. The number of halogens is 3. The Kier molecular flexibility index (Phi) is 4.84. The van der Waals surface area contributed by atoms with E-state index in [4.69, 9.17) is 0 Å². The van der Waals surface area contributed by atoms with Gasteiger partial charge in [0.2, 0.25) is 0 Å². The van der Waals surface area contributed by atoms with Crippen LogP contribution in [0.4, 0.5) is 13.2 Å². The van der Waals surface area contributed by atoms with Crippen LogP contribution < -0.4 is 0 Å². The first kappa shape index (κ1) is 17.2. The largest absolute Gasteiger partial charge is 0.416 e. The summed E-state index contributed by atoms with van der Waals surface area (Å²) in [5.41, 5.74) is -0.297. The molecule has 0 bridgehead atoms. The van der Waals surface area contributed by atoms with E-state index in [2.05, 4.69) is 0 Å². The first-order valence-corrected chi connectivity index (χ1v) is 8.89. The highest BCUT2D eigenvalue weighted by molar-refractivity contribution is 7.90. The van der Waals surface area contributed by atoms with E-state index >= 15 is 0 Å². The van der Waals surface area contributed by atoms with Gasteiger partial charge in [-0.1, -0.05) is 12.1 Å². The second kappa shape index (κ2) is 6.17. The van der Waals surface area contributed by atoms with Crippen LogP contribution in [-0.4, -0.2) is 49.6 Å². The maximum absolute atomic E-state index is 12.8. The summed E-state index contributed by atoms with van der Waals surface area (Å²) in [4.78, 5) is 1.72. The number of hydrogen-bond donors (Lipinski definition) is 1. The maximum atomic E-state index is 12.8. The number of rotatable bonds is 4. The van der Waals surface area contributed by atoms with Crippen LogP contribution in [0.25, 0.3) is 0 Å². The number of benzene rings is 1. The van der Waals surface area contributed by atoms with E-state index in [1.807, 2.05) is 0 Å². The molecule has 22 heavy (non-hydrogen) atoms. The summed E-state index contributed by atoms with van der Waals surface area (Å²) in [6.45, 7) is 0.452. The lowest BCUT2D eigenvalue weighted by Gasteiger charge is -2.24. The molecular weight excluding hydrogens is 319 g/mol. The third kappa shape index (κ3) is 4.44. The molecule has 0 unspecified atom stereocenters. The smallest absolute Gasteiger partial charge is 0.392 e. The molecule has 1 aliphatic rings. The summed E-state index contributed by atoms with van der Waals surface area (Å²) in [6, 6.07) is 4.56. The van der Waals surface area contributed by atoms with Crippen molar-refractivity contribution < 1.29 is 26.7 Å². The molecule has 1 N–H and O–H groups in total. The van der Waals surface area contributed by atoms with Crippen molar-refractivity contribution in [3.8, 4) is 0 Å². The van der Waals surface area contributed by atoms with E-state index in [1.165, 1.54) is 6.07 Å². The van der Waals surface area contributed by atoms with E-state index in [9.17, 15) is 26.7 Å². The minimum absolute atomic E-state index is 0.0881. The number of sulfone groups is 1. The number of alkyl halides is 3. The topological polar surface area (TPSA) is 57.6 Å². The van der Waals surface area contributed by atoms with Crippen molar-refractivity contribution in [1.82, 2.24) is 4.90 Å². The summed E-state index contributed by atoms with van der Waals surface area (Å²) in [6.07, 6.45) is -3.69. The van der Waals surface area contributed by atoms with Crippen LogP contribution in [0.5, 0.6) is 0 Å². The zero-order chi connectivity index (χ0) is 16.5. The fourth-order valence-electron chi connectivity index (χ4n) is 2.68. The van der Waals surface area contributed by atoms with Gasteiger partial charge < -0.3 is 5.11 Å². The van der Waals surface area contributed by atoms with Gasteiger partial charge in [0.15, 0.2) is 0 Å². The van der Waals surface area contributed by atoms with Crippen LogP contribution in [0.1, 0.15) is 23.6 Å². The molecule has 1 fully saturated rings. The van der Waals surface area contributed by atoms with Crippen LogP contribution in [0, 0.1) is 0 Å². The van der Waals surface area contributed by atoms with Gasteiger partial charge in [-0.3, -0.25) is 4.90 Å². The van der Waals surface area contributed by atoms with Crippen LogP contribution in [0.3, 0.4) is 0 Å². The van der Waals surface area contributed by atoms with Gasteiger partial charge in [-0.15, -0.1) is 0 Å². The van der Waals surface area contributed by atoms with Gasteiger partial charge in [0.1, 0.15) is 9.84 Å². The van der Waals surface area contributed by atoms with Gasteiger partial charge in [-0.25, -0.2) is 8.42 Å². The molecule has 0 aliphatic carbocycles. The monoisotopic (exact) mass is 337 g/mol. The predicted octanol–water partition coefficient (Wildman–Crippen LogP) is 1.86. The van der Waals surface area contributed by atoms with E-state index in [-0.39, 0.29) is 18.8 Å². The zero-order valence-electron chi connectivity index (χ0n) is 12.0. The Labute approximate surface area is 127 Å². The number of nitrogens with zero attached hydrogens (tertiary/aromatic N) is 1. The molecule has 2 rings (SSSR count). The Balaban J connectivity index is 2.21. The van der Waals surface area contributed by atoms with E-state index in [1.54, 1.807) is 11.0 Å².